The summed E-state index contributed by atoms with van der Waals surface area (Å²) in [5, 5.41) is 3.00. The summed E-state index contributed by atoms with van der Waals surface area (Å²) in [4.78, 5) is 11.8. The van der Waals surface area contributed by atoms with E-state index in [0.29, 0.717) is 6.54 Å². The summed E-state index contributed by atoms with van der Waals surface area (Å²) in [6, 6.07) is 2.52. The topological polar surface area (TPSA) is 73.6 Å². The second kappa shape index (κ2) is 6.30. The van der Waals surface area contributed by atoms with Gasteiger partial charge in [0.2, 0.25) is 0 Å². The van der Waals surface area contributed by atoms with Crippen molar-refractivity contribution in [1.82, 2.24) is 0 Å². The van der Waals surface area contributed by atoms with Gasteiger partial charge in [0.25, 0.3) is 0 Å². The van der Waals surface area contributed by atoms with E-state index in [1.807, 2.05) is 6.92 Å². The van der Waals surface area contributed by atoms with Gasteiger partial charge in [-0.25, -0.2) is 9.18 Å². The van der Waals surface area contributed by atoms with Gasteiger partial charge in [0.1, 0.15) is 5.82 Å². The van der Waals surface area contributed by atoms with Crippen LogP contribution in [0.1, 0.15) is 37.0 Å². The second-order valence-corrected chi connectivity index (χ2v) is 5.40. The Hall–Kier alpha value is -1.82. The van der Waals surface area contributed by atoms with Crippen molar-refractivity contribution in [2.75, 3.05) is 30.8 Å². The maximum atomic E-state index is 13.9. The van der Waals surface area contributed by atoms with Crippen LogP contribution < -0.4 is 11.1 Å². The lowest BCUT2D eigenvalue weighted by molar-refractivity contribution is 0.0315. The Labute approximate surface area is 123 Å². The molecule has 0 aromatic heterocycles. The molecule has 1 aromatic rings. The molecule has 1 saturated heterocycles. The number of carbonyl (C=O) groups is 1. The molecule has 1 fully saturated rings. The molecule has 0 saturated carbocycles. The number of anilines is 2. The fourth-order valence-corrected chi connectivity index (χ4v) is 2.37. The van der Waals surface area contributed by atoms with E-state index < -0.39 is 11.8 Å². The minimum absolute atomic E-state index is 0.0693. The van der Waals surface area contributed by atoms with Crippen molar-refractivity contribution in [2.24, 2.45) is 0 Å². The third-order valence-electron chi connectivity index (χ3n) is 3.59. The molecular weight excluding hydrogens is 275 g/mol. The van der Waals surface area contributed by atoms with Crippen LogP contribution in [0, 0.1) is 5.82 Å². The van der Waals surface area contributed by atoms with E-state index in [1.54, 1.807) is 6.92 Å². The van der Waals surface area contributed by atoms with Crippen LogP contribution in [-0.2, 0) is 9.47 Å². The van der Waals surface area contributed by atoms with Crippen LogP contribution in [0.15, 0.2) is 12.1 Å². The van der Waals surface area contributed by atoms with Gasteiger partial charge in [-0.2, -0.15) is 0 Å². The van der Waals surface area contributed by atoms with Gasteiger partial charge in [-0.3, -0.25) is 0 Å². The van der Waals surface area contributed by atoms with Crippen molar-refractivity contribution in [3.63, 3.8) is 0 Å². The Kier molecular flexibility index (Phi) is 4.67. The van der Waals surface area contributed by atoms with E-state index >= 15 is 0 Å². The molecule has 3 N–H and O–H groups in total. The zero-order valence-corrected chi connectivity index (χ0v) is 12.4. The van der Waals surface area contributed by atoms with E-state index in [-0.39, 0.29) is 29.1 Å². The van der Waals surface area contributed by atoms with Gasteiger partial charge in [-0.15, -0.1) is 0 Å². The Bertz CT molecular complexity index is 528. The summed E-state index contributed by atoms with van der Waals surface area (Å²) < 4.78 is 24.5. The highest BCUT2D eigenvalue weighted by Crippen LogP contribution is 2.27. The molecule has 0 aliphatic carbocycles. The number of nitrogens with one attached hydrogen (secondary N) is 1. The highest BCUT2D eigenvalue weighted by atomic mass is 19.1. The van der Waals surface area contributed by atoms with E-state index in [2.05, 4.69) is 5.32 Å². The maximum absolute atomic E-state index is 13.9. The number of nitrogen functional groups attached to an aromatic ring is 1. The van der Waals surface area contributed by atoms with Crippen LogP contribution >= 0.6 is 0 Å². The Morgan fingerprint density at radius 2 is 2.33 bits per heavy atom. The van der Waals surface area contributed by atoms with Crippen molar-refractivity contribution in [3.05, 3.63) is 23.5 Å². The number of halogens is 1. The highest BCUT2D eigenvalue weighted by molar-refractivity contribution is 5.96. The molecule has 1 aliphatic rings. The normalized spacial score (nSPS) is 21.3. The quantitative estimate of drug-likeness (QED) is 0.645. The molecule has 21 heavy (non-hydrogen) atoms. The first-order chi connectivity index (χ1) is 9.95. The molecule has 1 unspecified atom stereocenters. The van der Waals surface area contributed by atoms with Crippen LogP contribution in [0.4, 0.5) is 15.8 Å². The average molecular weight is 296 g/mol. The van der Waals surface area contributed by atoms with Gasteiger partial charge in [0.15, 0.2) is 0 Å². The number of hydrogen-bond donors (Lipinski definition) is 2. The van der Waals surface area contributed by atoms with Crippen LogP contribution in [0.5, 0.6) is 0 Å². The first kappa shape index (κ1) is 15.6. The number of rotatable bonds is 5. The summed E-state index contributed by atoms with van der Waals surface area (Å²) >= 11 is 0. The van der Waals surface area contributed by atoms with Gasteiger partial charge in [0, 0.05) is 18.8 Å². The molecule has 0 radical (unpaired) electrons. The lowest BCUT2D eigenvalue weighted by Crippen LogP contribution is -2.32. The summed E-state index contributed by atoms with van der Waals surface area (Å²) in [7, 11) is 0. The van der Waals surface area contributed by atoms with E-state index in [9.17, 15) is 9.18 Å². The highest BCUT2D eigenvalue weighted by Gasteiger charge is 2.29. The van der Waals surface area contributed by atoms with Crippen LogP contribution in [0.3, 0.4) is 0 Å². The van der Waals surface area contributed by atoms with Gasteiger partial charge >= 0.3 is 5.97 Å². The Balaban J connectivity index is 2.15. The summed E-state index contributed by atoms with van der Waals surface area (Å²) in [6.07, 6.45) is 1.91. The molecule has 5 nitrogen and oxygen atoms in total. The average Bonchev–Trinajstić information content (AvgIpc) is 2.85. The third kappa shape index (κ3) is 3.64. The third-order valence-corrected chi connectivity index (χ3v) is 3.59. The van der Waals surface area contributed by atoms with Crippen molar-refractivity contribution in [3.8, 4) is 0 Å². The molecule has 1 aromatic carbocycles. The Morgan fingerprint density at radius 1 is 1.57 bits per heavy atom. The number of nitrogens with two attached hydrogens (primary N) is 1. The molecule has 0 spiro atoms. The summed E-state index contributed by atoms with van der Waals surface area (Å²) in [6.45, 7) is 5.11. The minimum Gasteiger partial charge on any atom is -0.462 e. The summed E-state index contributed by atoms with van der Waals surface area (Å²) in [5.41, 5.74) is 5.83. The standard InChI is InChI=1S/C15H21FN2O3/c1-3-20-14(19)10-7-13(11(16)8-12(10)17)18-9-15(2)5-4-6-21-15/h7-8,18H,3-6,9,17H2,1-2H3. The molecule has 0 amide bonds. The zero-order chi connectivity index (χ0) is 15.5. The van der Waals surface area contributed by atoms with Gasteiger partial charge in [-0.1, -0.05) is 0 Å². The lowest BCUT2D eigenvalue weighted by atomic mass is 10.0. The van der Waals surface area contributed by atoms with Crippen LogP contribution in [-0.4, -0.2) is 31.3 Å². The van der Waals surface area contributed by atoms with Gasteiger partial charge in [-0.05, 0) is 38.8 Å². The summed E-state index contributed by atoms with van der Waals surface area (Å²) in [5.74, 6) is -1.05. The smallest absolute Gasteiger partial charge is 0.340 e. The minimum atomic E-state index is -0.554. The van der Waals surface area contributed by atoms with E-state index in [1.165, 1.54) is 6.07 Å². The predicted octanol–water partition coefficient (Wildman–Crippen LogP) is 2.57. The van der Waals surface area contributed by atoms with Crippen molar-refractivity contribution in [1.29, 1.82) is 0 Å². The zero-order valence-electron chi connectivity index (χ0n) is 12.4. The van der Waals surface area contributed by atoms with Crippen molar-refractivity contribution < 1.29 is 18.7 Å². The molecule has 1 heterocycles. The number of carbonyl (C=O) groups excluding carboxylic acids is 1. The van der Waals surface area contributed by atoms with Gasteiger partial charge in [0.05, 0.1) is 23.5 Å². The van der Waals surface area contributed by atoms with E-state index in [0.717, 1.165) is 25.5 Å². The fraction of sp³-hybridized carbons (Fsp3) is 0.533. The second-order valence-electron chi connectivity index (χ2n) is 5.40. The first-order valence-electron chi connectivity index (χ1n) is 7.09. The molecule has 1 aliphatic heterocycles. The van der Waals surface area contributed by atoms with Crippen molar-refractivity contribution in [2.45, 2.75) is 32.3 Å². The molecule has 116 valence electrons. The lowest BCUT2D eigenvalue weighted by Gasteiger charge is -2.24. The molecule has 6 heteroatoms. The SMILES string of the molecule is CCOC(=O)c1cc(NCC2(C)CCCO2)c(F)cc1N. The number of esters is 1. The monoisotopic (exact) mass is 296 g/mol. The van der Waals surface area contributed by atoms with Crippen LogP contribution in [0.2, 0.25) is 0 Å². The molecule has 0 bridgehead atoms. The Morgan fingerprint density at radius 3 is 2.95 bits per heavy atom. The molecule has 2 rings (SSSR count). The number of benzene rings is 1. The predicted molar refractivity (Wildman–Crippen MR) is 78.8 cm³/mol. The fourth-order valence-electron chi connectivity index (χ4n) is 2.37. The first-order valence-corrected chi connectivity index (χ1v) is 7.09. The van der Waals surface area contributed by atoms with Gasteiger partial charge < -0.3 is 20.5 Å². The number of hydrogen-bond acceptors (Lipinski definition) is 5. The molecule has 1 atom stereocenters. The van der Waals surface area contributed by atoms with Crippen molar-refractivity contribution >= 4 is 17.3 Å². The largest absolute Gasteiger partial charge is 0.462 e. The number of ether oxygens (including phenoxy) is 2. The van der Waals surface area contributed by atoms with Crippen LogP contribution in [0.25, 0.3) is 0 Å². The maximum Gasteiger partial charge on any atom is 0.340 e. The molecular formula is C15H21FN2O3. The van der Waals surface area contributed by atoms with E-state index in [4.69, 9.17) is 15.2 Å².